The van der Waals surface area contributed by atoms with E-state index in [0.717, 1.165) is 19.5 Å². The summed E-state index contributed by atoms with van der Waals surface area (Å²) in [6.45, 7) is 20.9. The first-order valence-electron chi connectivity index (χ1n) is 8.00. The Balaban J connectivity index is 4.50. The first kappa shape index (κ1) is 20.2. The van der Waals surface area contributed by atoms with Gasteiger partial charge in [0, 0.05) is 25.2 Å². The van der Waals surface area contributed by atoms with Crippen molar-refractivity contribution in [2.45, 2.75) is 79.9 Å². The Morgan fingerprint density at radius 2 is 1.57 bits per heavy atom. The van der Waals surface area contributed by atoms with E-state index in [0.29, 0.717) is 12.0 Å². The van der Waals surface area contributed by atoms with Crippen LogP contribution in [0.4, 0.5) is 4.79 Å². The van der Waals surface area contributed by atoms with Gasteiger partial charge in [0.1, 0.15) is 5.60 Å². The number of rotatable bonds is 6. The van der Waals surface area contributed by atoms with E-state index >= 15 is 0 Å². The van der Waals surface area contributed by atoms with E-state index < -0.39 is 5.60 Å². The minimum atomic E-state index is -0.460. The fraction of sp³-hybridized carbons (Fsp3) is 0.941. The number of amides is 1. The summed E-state index contributed by atoms with van der Waals surface area (Å²) in [4.78, 5) is 14.1. The van der Waals surface area contributed by atoms with E-state index in [1.165, 1.54) is 0 Å². The number of nitrogens with zero attached hydrogens (tertiary/aromatic N) is 1. The molecule has 0 aliphatic heterocycles. The van der Waals surface area contributed by atoms with Gasteiger partial charge in [-0.3, -0.25) is 0 Å². The molecule has 0 aliphatic carbocycles. The Hall–Kier alpha value is -0.770. The molecule has 126 valence electrons. The summed E-state index contributed by atoms with van der Waals surface area (Å²) in [7, 11) is 0. The number of carbonyl (C=O) groups excluding carboxylic acids is 1. The predicted molar refractivity (Wildman–Crippen MR) is 89.6 cm³/mol. The molecule has 0 aromatic carbocycles. The fourth-order valence-corrected chi connectivity index (χ4v) is 1.76. The lowest BCUT2D eigenvalue weighted by molar-refractivity contribution is 0.00654. The molecule has 4 nitrogen and oxygen atoms in total. The molecular weight excluding hydrogens is 264 g/mol. The van der Waals surface area contributed by atoms with Crippen LogP contribution in [-0.2, 0) is 4.74 Å². The standard InChI is InChI=1S/C17H36N2O2/c1-10-17(8,9)13-18-11-12-19(15(2,3)4)14(20)21-16(5,6)7/h18H,10-13H2,1-9H3. The number of hydrogen-bond donors (Lipinski definition) is 1. The van der Waals surface area contributed by atoms with Crippen LogP contribution < -0.4 is 5.32 Å². The van der Waals surface area contributed by atoms with E-state index in [9.17, 15) is 4.79 Å². The van der Waals surface area contributed by atoms with Crippen LogP contribution in [0.15, 0.2) is 0 Å². The summed E-state index contributed by atoms with van der Waals surface area (Å²) >= 11 is 0. The third-order valence-electron chi connectivity index (χ3n) is 3.50. The SMILES string of the molecule is CCC(C)(C)CNCCN(C(=O)OC(C)(C)C)C(C)(C)C. The number of ether oxygens (including phenoxy) is 1. The van der Waals surface area contributed by atoms with Gasteiger partial charge in [-0.15, -0.1) is 0 Å². The third-order valence-corrected chi connectivity index (χ3v) is 3.50. The third kappa shape index (κ3) is 8.97. The minimum absolute atomic E-state index is 0.244. The van der Waals surface area contributed by atoms with E-state index in [2.05, 4.69) is 26.1 Å². The van der Waals surface area contributed by atoms with E-state index in [1.807, 2.05) is 41.5 Å². The molecule has 1 amide bonds. The molecule has 0 aromatic rings. The van der Waals surface area contributed by atoms with Crippen LogP contribution in [0.1, 0.15) is 68.7 Å². The van der Waals surface area contributed by atoms with Crippen molar-refractivity contribution in [1.82, 2.24) is 10.2 Å². The Bertz CT molecular complexity index is 325. The first-order chi connectivity index (χ1) is 9.28. The lowest BCUT2D eigenvalue weighted by Crippen LogP contribution is -2.50. The highest BCUT2D eigenvalue weighted by molar-refractivity contribution is 5.69. The predicted octanol–water partition coefficient (Wildman–Crippen LogP) is 4.05. The number of carbonyl (C=O) groups is 1. The van der Waals surface area contributed by atoms with Gasteiger partial charge in [-0.2, -0.15) is 0 Å². The largest absolute Gasteiger partial charge is 0.444 e. The van der Waals surface area contributed by atoms with Crippen molar-refractivity contribution >= 4 is 6.09 Å². The van der Waals surface area contributed by atoms with Gasteiger partial charge in [0.05, 0.1) is 0 Å². The molecule has 21 heavy (non-hydrogen) atoms. The molecule has 4 heteroatoms. The van der Waals surface area contributed by atoms with Crippen molar-refractivity contribution in [2.24, 2.45) is 5.41 Å². The van der Waals surface area contributed by atoms with Gasteiger partial charge in [-0.25, -0.2) is 4.79 Å². The number of nitrogens with one attached hydrogen (secondary N) is 1. The average Bonchev–Trinajstić information content (AvgIpc) is 2.24. The zero-order valence-corrected chi connectivity index (χ0v) is 15.6. The average molecular weight is 300 g/mol. The fourth-order valence-electron chi connectivity index (χ4n) is 1.76. The molecule has 1 N–H and O–H groups in total. The van der Waals surface area contributed by atoms with Gasteiger partial charge in [0.25, 0.3) is 0 Å². The normalized spacial score (nSPS) is 13.2. The molecule has 0 unspecified atom stereocenters. The molecule has 0 spiro atoms. The van der Waals surface area contributed by atoms with Gasteiger partial charge < -0.3 is 15.0 Å². The first-order valence-corrected chi connectivity index (χ1v) is 8.00. The summed E-state index contributed by atoms with van der Waals surface area (Å²) in [5.74, 6) is 0. The van der Waals surface area contributed by atoms with Crippen LogP contribution in [0.2, 0.25) is 0 Å². The monoisotopic (exact) mass is 300 g/mol. The zero-order chi connectivity index (χ0) is 16.9. The molecule has 0 radical (unpaired) electrons. The van der Waals surface area contributed by atoms with Crippen LogP contribution in [0.25, 0.3) is 0 Å². The van der Waals surface area contributed by atoms with Crippen LogP contribution in [0.5, 0.6) is 0 Å². The summed E-state index contributed by atoms with van der Waals surface area (Å²) in [6, 6.07) is 0. The highest BCUT2D eigenvalue weighted by atomic mass is 16.6. The van der Waals surface area contributed by atoms with Crippen molar-refractivity contribution in [1.29, 1.82) is 0 Å². The quantitative estimate of drug-likeness (QED) is 0.752. The molecule has 0 fully saturated rings. The van der Waals surface area contributed by atoms with Gasteiger partial charge in [-0.1, -0.05) is 20.8 Å². The van der Waals surface area contributed by atoms with Crippen LogP contribution in [0.3, 0.4) is 0 Å². The molecule has 0 aliphatic rings. The lowest BCUT2D eigenvalue weighted by Gasteiger charge is -2.37. The summed E-state index contributed by atoms with van der Waals surface area (Å²) in [5.41, 5.74) is -0.416. The Kier molecular flexibility index (Phi) is 7.21. The molecule has 0 bridgehead atoms. The van der Waals surface area contributed by atoms with Crippen LogP contribution in [0, 0.1) is 5.41 Å². The van der Waals surface area contributed by atoms with E-state index in [1.54, 1.807) is 4.90 Å². The second-order valence-corrected chi connectivity index (χ2v) is 8.50. The summed E-state index contributed by atoms with van der Waals surface area (Å²) in [5, 5.41) is 3.45. The number of hydrogen-bond acceptors (Lipinski definition) is 3. The van der Waals surface area contributed by atoms with Crippen molar-refractivity contribution in [3.8, 4) is 0 Å². The highest BCUT2D eigenvalue weighted by Gasteiger charge is 2.30. The minimum Gasteiger partial charge on any atom is -0.444 e. The second-order valence-electron chi connectivity index (χ2n) is 8.50. The van der Waals surface area contributed by atoms with Gasteiger partial charge >= 0.3 is 6.09 Å². The van der Waals surface area contributed by atoms with Crippen LogP contribution in [-0.4, -0.2) is 41.8 Å². The Morgan fingerprint density at radius 3 is 1.95 bits per heavy atom. The molecule has 0 saturated carbocycles. The van der Waals surface area contributed by atoms with E-state index in [-0.39, 0.29) is 11.6 Å². The van der Waals surface area contributed by atoms with Crippen molar-refractivity contribution < 1.29 is 9.53 Å². The zero-order valence-electron chi connectivity index (χ0n) is 15.6. The molecule has 0 heterocycles. The topological polar surface area (TPSA) is 41.6 Å². The molecular formula is C17H36N2O2. The maximum atomic E-state index is 12.3. The van der Waals surface area contributed by atoms with Crippen molar-refractivity contribution in [2.75, 3.05) is 19.6 Å². The molecule has 0 saturated heterocycles. The highest BCUT2D eigenvalue weighted by Crippen LogP contribution is 2.19. The molecule has 0 rings (SSSR count). The molecule has 0 atom stereocenters. The maximum absolute atomic E-state index is 12.3. The maximum Gasteiger partial charge on any atom is 0.410 e. The van der Waals surface area contributed by atoms with Crippen LogP contribution >= 0.6 is 0 Å². The Morgan fingerprint density at radius 1 is 1.05 bits per heavy atom. The summed E-state index contributed by atoms with van der Waals surface area (Å²) < 4.78 is 5.50. The van der Waals surface area contributed by atoms with Crippen molar-refractivity contribution in [3.63, 3.8) is 0 Å². The second kappa shape index (κ2) is 7.48. The van der Waals surface area contributed by atoms with Crippen molar-refractivity contribution in [3.05, 3.63) is 0 Å². The smallest absolute Gasteiger partial charge is 0.410 e. The van der Waals surface area contributed by atoms with Gasteiger partial charge in [-0.05, 0) is 53.4 Å². The van der Waals surface area contributed by atoms with E-state index in [4.69, 9.17) is 4.74 Å². The van der Waals surface area contributed by atoms with Gasteiger partial charge in [0.2, 0.25) is 0 Å². The Labute approximate surface area is 131 Å². The lowest BCUT2D eigenvalue weighted by atomic mass is 9.90. The summed E-state index contributed by atoms with van der Waals surface area (Å²) in [6.07, 6.45) is 0.890. The van der Waals surface area contributed by atoms with Gasteiger partial charge in [0.15, 0.2) is 0 Å². The molecule has 0 aromatic heterocycles.